The number of carbonyl (C=O) groups is 1. The lowest BCUT2D eigenvalue weighted by molar-refractivity contribution is -0.132. The normalized spacial score (nSPS) is 22.9. The summed E-state index contributed by atoms with van der Waals surface area (Å²) in [6, 6.07) is 0.357. The molecule has 1 fully saturated rings. The second-order valence-electron chi connectivity index (χ2n) is 5.59. The lowest BCUT2D eigenvalue weighted by Crippen LogP contribution is -2.47. The quantitative estimate of drug-likeness (QED) is 0.757. The Bertz CT molecular complexity index is 253. The summed E-state index contributed by atoms with van der Waals surface area (Å²) in [6.07, 6.45) is 2.00. The van der Waals surface area contributed by atoms with E-state index in [0.29, 0.717) is 18.6 Å². The molecule has 4 heteroatoms. The van der Waals surface area contributed by atoms with Gasteiger partial charge in [0.25, 0.3) is 0 Å². The molecule has 0 aromatic carbocycles. The molecule has 0 aliphatic carbocycles. The van der Waals surface area contributed by atoms with Crippen molar-refractivity contribution < 1.29 is 4.79 Å². The molecule has 0 saturated carbocycles. The average molecular weight is 241 g/mol. The van der Waals surface area contributed by atoms with Crippen LogP contribution < -0.4 is 5.32 Å². The number of hydrogen-bond acceptors (Lipinski definition) is 3. The Kier molecular flexibility index (Phi) is 5.40. The van der Waals surface area contributed by atoms with Gasteiger partial charge in [0.05, 0.1) is 12.7 Å². The maximum atomic E-state index is 12.3. The maximum absolute atomic E-state index is 12.3. The average Bonchev–Trinajstić information content (AvgIpc) is 2.57. The highest BCUT2D eigenvalue weighted by atomic mass is 16.2. The highest BCUT2D eigenvalue weighted by Crippen LogP contribution is 2.18. The van der Waals surface area contributed by atoms with Crippen LogP contribution in [0.5, 0.6) is 0 Å². The van der Waals surface area contributed by atoms with E-state index in [4.69, 9.17) is 0 Å². The second kappa shape index (κ2) is 6.36. The SMILES string of the molecule is CCCC1NCN(C(CN(C)C)C(C)C)C1=O. The van der Waals surface area contributed by atoms with Gasteiger partial charge in [-0.1, -0.05) is 27.2 Å². The van der Waals surface area contributed by atoms with Crippen LogP contribution in [0.1, 0.15) is 33.6 Å². The Morgan fingerprint density at radius 1 is 1.47 bits per heavy atom. The highest BCUT2D eigenvalue weighted by molar-refractivity contribution is 5.84. The van der Waals surface area contributed by atoms with Crippen LogP contribution in [0.3, 0.4) is 0 Å². The van der Waals surface area contributed by atoms with Crippen molar-refractivity contribution in [2.24, 2.45) is 5.92 Å². The molecule has 4 nitrogen and oxygen atoms in total. The van der Waals surface area contributed by atoms with E-state index >= 15 is 0 Å². The third-order valence-corrected chi connectivity index (χ3v) is 3.39. The van der Waals surface area contributed by atoms with Crippen molar-refractivity contribution in [3.05, 3.63) is 0 Å². The van der Waals surface area contributed by atoms with Crippen molar-refractivity contribution in [3.8, 4) is 0 Å². The van der Waals surface area contributed by atoms with E-state index in [1.165, 1.54) is 0 Å². The Morgan fingerprint density at radius 2 is 2.12 bits per heavy atom. The molecule has 2 atom stereocenters. The molecule has 1 aliphatic heterocycles. The molecule has 1 heterocycles. The molecular formula is C13H27N3O. The smallest absolute Gasteiger partial charge is 0.241 e. The number of hydrogen-bond donors (Lipinski definition) is 1. The second-order valence-corrected chi connectivity index (χ2v) is 5.59. The Balaban J connectivity index is 2.66. The van der Waals surface area contributed by atoms with Crippen molar-refractivity contribution in [1.29, 1.82) is 0 Å². The molecule has 1 amide bonds. The minimum Gasteiger partial charge on any atom is -0.324 e. The minimum atomic E-state index is 0.0448. The highest BCUT2D eigenvalue weighted by Gasteiger charge is 2.36. The third-order valence-electron chi connectivity index (χ3n) is 3.39. The van der Waals surface area contributed by atoms with Gasteiger partial charge in [-0.15, -0.1) is 0 Å². The first-order valence-corrected chi connectivity index (χ1v) is 6.66. The standard InChI is InChI=1S/C13H27N3O/c1-6-7-11-13(17)16(9-14-11)12(10(2)3)8-15(4)5/h10-12,14H,6-9H2,1-5H3. The van der Waals surface area contributed by atoms with Gasteiger partial charge in [0, 0.05) is 12.6 Å². The van der Waals surface area contributed by atoms with E-state index in [2.05, 4.69) is 45.1 Å². The van der Waals surface area contributed by atoms with Crippen LogP contribution in [0.2, 0.25) is 0 Å². The van der Waals surface area contributed by atoms with Gasteiger partial charge in [0.15, 0.2) is 0 Å². The molecule has 100 valence electrons. The van der Waals surface area contributed by atoms with E-state index in [1.807, 2.05) is 4.90 Å². The lowest BCUT2D eigenvalue weighted by Gasteiger charge is -2.32. The Hall–Kier alpha value is -0.610. The van der Waals surface area contributed by atoms with Gasteiger partial charge in [-0.2, -0.15) is 0 Å². The van der Waals surface area contributed by atoms with E-state index in [9.17, 15) is 4.79 Å². The fourth-order valence-corrected chi connectivity index (χ4v) is 2.41. The van der Waals surface area contributed by atoms with Crippen LogP contribution in [0.4, 0.5) is 0 Å². The zero-order valence-corrected chi connectivity index (χ0v) is 11.9. The zero-order chi connectivity index (χ0) is 13.0. The molecular weight excluding hydrogens is 214 g/mol. The van der Waals surface area contributed by atoms with Gasteiger partial charge in [0.1, 0.15) is 0 Å². The number of carbonyl (C=O) groups excluding carboxylic acids is 1. The van der Waals surface area contributed by atoms with Crippen molar-refractivity contribution in [3.63, 3.8) is 0 Å². The molecule has 1 aliphatic rings. The molecule has 1 saturated heterocycles. The number of amides is 1. The summed E-state index contributed by atoms with van der Waals surface area (Å²) in [7, 11) is 4.12. The number of nitrogens with one attached hydrogen (secondary N) is 1. The molecule has 0 bridgehead atoms. The van der Waals surface area contributed by atoms with E-state index in [1.54, 1.807) is 0 Å². The Labute approximate surface area is 105 Å². The zero-order valence-electron chi connectivity index (χ0n) is 11.9. The monoisotopic (exact) mass is 241 g/mol. The molecule has 1 rings (SSSR count). The van der Waals surface area contributed by atoms with Crippen molar-refractivity contribution in [1.82, 2.24) is 15.1 Å². The summed E-state index contributed by atoms with van der Waals surface area (Å²) in [5.74, 6) is 0.774. The van der Waals surface area contributed by atoms with Gasteiger partial charge >= 0.3 is 0 Å². The van der Waals surface area contributed by atoms with Crippen molar-refractivity contribution in [2.45, 2.75) is 45.7 Å². The van der Waals surface area contributed by atoms with Gasteiger partial charge < -0.3 is 9.80 Å². The Morgan fingerprint density at radius 3 is 2.59 bits per heavy atom. The molecule has 0 radical (unpaired) electrons. The number of likely N-dealkylation sites (N-methyl/N-ethyl adjacent to an activating group) is 1. The first-order valence-electron chi connectivity index (χ1n) is 6.66. The van der Waals surface area contributed by atoms with Crippen LogP contribution in [-0.4, -0.2) is 55.1 Å². The van der Waals surface area contributed by atoms with E-state index in [0.717, 1.165) is 19.4 Å². The topological polar surface area (TPSA) is 35.6 Å². The number of nitrogens with zero attached hydrogens (tertiary/aromatic N) is 2. The minimum absolute atomic E-state index is 0.0448. The van der Waals surface area contributed by atoms with Gasteiger partial charge in [-0.05, 0) is 26.4 Å². The number of rotatable bonds is 6. The largest absolute Gasteiger partial charge is 0.324 e. The van der Waals surface area contributed by atoms with Gasteiger partial charge in [-0.25, -0.2) is 0 Å². The molecule has 17 heavy (non-hydrogen) atoms. The first kappa shape index (κ1) is 14.5. The molecule has 1 N–H and O–H groups in total. The molecule has 0 aromatic heterocycles. The molecule has 2 unspecified atom stereocenters. The maximum Gasteiger partial charge on any atom is 0.241 e. The van der Waals surface area contributed by atoms with Gasteiger partial charge in [0.2, 0.25) is 5.91 Å². The van der Waals surface area contributed by atoms with Crippen LogP contribution in [0, 0.1) is 5.92 Å². The summed E-state index contributed by atoms with van der Waals surface area (Å²) in [6.45, 7) is 8.14. The predicted molar refractivity (Wildman–Crippen MR) is 70.7 cm³/mol. The lowest BCUT2D eigenvalue weighted by atomic mass is 10.0. The molecule has 0 aromatic rings. The first-order chi connectivity index (χ1) is 7.97. The van der Waals surface area contributed by atoms with Crippen molar-refractivity contribution >= 4 is 5.91 Å². The summed E-state index contributed by atoms with van der Waals surface area (Å²) in [4.78, 5) is 16.4. The summed E-state index contributed by atoms with van der Waals surface area (Å²) in [5, 5.41) is 3.32. The summed E-state index contributed by atoms with van der Waals surface area (Å²) in [5.41, 5.74) is 0. The summed E-state index contributed by atoms with van der Waals surface area (Å²) >= 11 is 0. The van der Waals surface area contributed by atoms with E-state index < -0.39 is 0 Å². The van der Waals surface area contributed by atoms with Gasteiger partial charge in [-0.3, -0.25) is 10.1 Å². The fraction of sp³-hybridized carbons (Fsp3) is 0.923. The van der Waals surface area contributed by atoms with Crippen molar-refractivity contribution in [2.75, 3.05) is 27.3 Å². The molecule has 0 spiro atoms. The fourth-order valence-electron chi connectivity index (χ4n) is 2.41. The van der Waals surface area contributed by atoms with Crippen LogP contribution in [0.25, 0.3) is 0 Å². The van der Waals surface area contributed by atoms with Crippen LogP contribution in [-0.2, 0) is 4.79 Å². The third kappa shape index (κ3) is 3.68. The van der Waals surface area contributed by atoms with Crippen LogP contribution >= 0.6 is 0 Å². The summed E-state index contributed by atoms with van der Waals surface area (Å²) < 4.78 is 0. The van der Waals surface area contributed by atoms with Crippen LogP contribution in [0.15, 0.2) is 0 Å². The predicted octanol–water partition coefficient (Wildman–Crippen LogP) is 1.13. The van der Waals surface area contributed by atoms with E-state index in [-0.39, 0.29) is 11.9 Å².